The maximum absolute atomic E-state index is 13.8. The molecule has 3 aromatic rings. The zero-order chi connectivity index (χ0) is 28.4. The Morgan fingerprint density at radius 3 is 2.10 bits per heavy atom. The average Bonchev–Trinajstić information content (AvgIpc) is 3.39. The lowest BCUT2D eigenvalue weighted by molar-refractivity contribution is 0.0983. The van der Waals surface area contributed by atoms with Crippen LogP contribution in [0.2, 0.25) is 0 Å². The van der Waals surface area contributed by atoms with Crippen LogP contribution in [0.3, 0.4) is 0 Å². The largest absolute Gasteiger partial charge is 0.494 e. The molecule has 10 heteroatoms. The number of benzene rings is 2. The summed E-state index contributed by atoms with van der Waals surface area (Å²) in [6.07, 6.45) is 3.47. The molecule has 0 spiro atoms. The van der Waals surface area contributed by atoms with Crippen molar-refractivity contribution >= 4 is 42.6 Å². The Labute approximate surface area is 237 Å². The summed E-state index contributed by atoms with van der Waals surface area (Å²) < 4.78 is 34.8. The van der Waals surface area contributed by atoms with E-state index in [-0.39, 0.29) is 10.8 Å². The van der Waals surface area contributed by atoms with Gasteiger partial charge in [0, 0.05) is 31.7 Å². The molecule has 39 heavy (non-hydrogen) atoms. The number of thiazole rings is 1. The van der Waals surface area contributed by atoms with Crippen molar-refractivity contribution in [1.82, 2.24) is 14.2 Å². The van der Waals surface area contributed by atoms with Crippen LogP contribution in [-0.2, 0) is 10.0 Å². The fourth-order valence-corrected chi connectivity index (χ4v) is 6.88. The molecule has 0 N–H and O–H groups in total. The third kappa shape index (κ3) is 7.57. The Kier molecular flexibility index (Phi) is 11.7. The fraction of sp³-hybridized carbons (Fsp3) is 0.517. The van der Waals surface area contributed by atoms with E-state index in [9.17, 15) is 13.2 Å². The SMILES string of the molecule is CCCCN(CCCC)S(=O)(=O)c1ccc(C(=O)N(CCN(CC)CC)c2nc3c(OC)cccc3s2)cc1. The van der Waals surface area contributed by atoms with Gasteiger partial charge in [0.15, 0.2) is 5.13 Å². The topological polar surface area (TPSA) is 83.1 Å². The number of hydrogen-bond donors (Lipinski definition) is 0. The molecular weight excluding hydrogens is 532 g/mol. The van der Waals surface area contributed by atoms with E-state index in [4.69, 9.17) is 9.72 Å². The quantitative estimate of drug-likeness (QED) is 0.212. The minimum Gasteiger partial charge on any atom is -0.494 e. The first-order valence-corrected chi connectivity index (χ1v) is 16.1. The summed E-state index contributed by atoms with van der Waals surface area (Å²) in [7, 11) is -2.03. The Morgan fingerprint density at radius 1 is 0.897 bits per heavy atom. The van der Waals surface area contributed by atoms with Crippen molar-refractivity contribution in [2.75, 3.05) is 51.3 Å². The zero-order valence-electron chi connectivity index (χ0n) is 23.9. The van der Waals surface area contributed by atoms with Gasteiger partial charge in [0.25, 0.3) is 5.91 Å². The highest BCUT2D eigenvalue weighted by molar-refractivity contribution is 7.89. The van der Waals surface area contributed by atoms with Gasteiger partial charge < -0.3 is 9.64 Å². The number of likely N-dealkylation sites (N-methyl/N-ethyl adjacent to an activating group) is 1. The van der Waals surface area contributed by atoms with Gasteiger partial charge in [-0.1, -0.05) is 57.9 Å². The van der Waals surface area contributed by atoms with Crippen LogP contribution in [-0.4, -0.2) is 74.9 Å². The summed E-state index contributed by atoms with van der Waals surface area (Å²) in [5.74, 6) is 0.453. The average molecular weight is 575 g/mol. The van der Waals surface area contributed by atoms with Crippen LogP contribution < -0.4 is 9.64 Å². The number of ether oxygens (including phenoxy) is 1. The van der Waals surface area contributed by atoms with Crippen LogP contribution in [0.4, 0.5) is 5.13 Å². The summed E-state index contributed by atoms with van der Waals surface area (Å²) in [4.78, 5) is 22.8. The van der Waals surface area contributed by atoms with Gasteiger partial charge >= 0.3 is 0 Å². The highest BCUT2D eigenvalue weighted by Crippen LogP contribution is 2.34. The number of sulfonamides is 1. The summed E-state index contributed by atoms with van der Waals surface area (Å²) in [6.45, 7) is 12.2. The second-order valence-electron chi connectivity index (χ2n) is 9.42. The van der Waals surface area contributed by atoms with Crippen molar-refractivity contribution in [3.8, 4) is 5.75 Å². The van der Waals surface area contributed by atoms with E-state index in [1.165, 1.54) is 11.3 Å². The first-order valence-electron chi connectivity index (χ1n) is 13.9. The van der Waals surface area contributed by atoms with Crippen molar-refractivity contribution < 1.29 is 17.9 Å². The molecule has 2 aromatic carbocycles. The first-order chi connectivity index (χ1) is 18.8. The summed E-state index contributed by atoms with van der Waals surface area (Å²) in [5.41, 5.74) is 1.15. The predicted molar refractivity (Wildman–Crippen MR) is 161 cm³/mol. The Bertz CT molecular complexity index is 1300. The highest BCUT2D eigenvalue weighted by atomic mass is 32.2. The molecule has 1 amide bonds. The number of fused-ring (bicyclic) bond motifs is 1. The van der Waals surface area contributed by atoms with E-state index < -0.39 is 10.0 Å². The van der Waals surface area contributed by atoms with Crippen molar-refractivity contribution in [2.45, 2.75) is 58.3 Å². The fourth-order valence-electron chi connectivity index (χ4n) is 4.35. The number of rotatable bonds is 16. The zero-order valence-corrected chi connectivity index (χ0v) is 25.5. The number of hydrogen-bond acceptors (Lipinski definition) is 7. The van der Waals surface area contributed by atoms with Crippen molar-refractivity contribution in [2.24, 2.45) is 0 Å². The molecule has 0 bridgehead atoms. The van der Waals surface area contributed by atoms with E-state index in [0.29, 0.717) is 42.6 Å². The van der Waals surface area contributed by atoms with Crippen LogP contribution in [0.1, 0.15) is 63.7 Å². The molecule has 0 saturated heterocycles. The third-order valence-corrected chi connectivity index (χ3v) is 9.82. The highest BCUT2D eigenvalue weighted by Gasteiger charge is 2.26. The third-order valence-electron chi connectivity index (χ3n) is 6.86. The molecule has 3 rings (SSSR count). The lowest BCUT2D eigenvalue weighted by Crippen LogP contribution is -2.39. The van der Waals surface area contributed by atoms with E-state index in [1.54, 1.807) is 40.6 Å². The van der Waals surface area contributed by atoms with Gasteiger partial charge in [-0.2, -0.15) is 4.31 Å². The Hall–Kier alpha value is -2.53. The summed E-state index contributed by atoms with van der Waals surface area (Å²) in [5, 5.41) is 0.591. The lowest BCUT2D eigenvalue weighted by Gasteiger charge is -2.25. The van der Waals surface area contributed by atoms with Crippen molar-refractivity contribution in [3.05, 3.63) is 48.0 Å². The molecule has 0 aliphatic heterocycles. The summed E-state index contributed by atoms with van der Waals surface area (Å²) in [6, 6.07) is 12.1. The molecule has 0 radical (unpaired) electrons. The maximum atomic E-state index is 13.8. The second kappa shape index (κ2) is 14.7. The number of para-hydroxylation sites is 1. The van der Waals surface area contributed by atoms with Gasteiger partial charge in [-0.3, -0.25) is 9.69 Å². The molecule has 1 heterocycles. The van der Waals surface area contributed by atoms with E-state index in [2.05, 4.69) is 32.6 Å². The van der Waals surface area contributed by atoms with E-state index >= 15 is 0 Å². The summed E-state index contributed by atoms with van der Waals surface area (Å²) >= 11 is 1.44. The molecule has 8 nitrogen and oxygen atoms in total. The molecule has 0 atom stereocenters. The molecule has 0 unspecified atom stereocenters. The van der Waals surface area contributed by atoms with Crippen LogP contribution in [0.15, 0.2) is 47.4 Å². The second-order valence-corrected chi connectivity index (χ2v) is 12.4. The number of nitrogens with zero attached hydrogens (tertiary/aromatic N) is 4. The van der Waals surface area contributed by atoms with Gasteiger partial charge in [0.1, 0.15) is 11.3 Å². The number of amides is 1. The van der Waals surface area contributed by atoms with Gasteiger partial charge in [-0.15, -0.1) is 0 Å². The smallest absolute Gasteiger partial charge is 0.260 e. The number of aromatic nitrogens is 1. The van der Waals surface area contributed by atoms with E-state index in [1.807, 2.05) is 18.2 Å². The van der Waals surface area contributed by atoms with E-state index in [0.717, 1.165) is 49.0 Å². The predicted octanol–water partition coefficient (Wildman–Crippen LogP) is 5.88. The van der Waals surface area contributed by atoms with Gasteiger partial charge in [-0.05, 0) is 62.3 Å². The Morgan fingerprint density at radius 2 is 1.54 bits per heavy atom. The van der Waals surface area contributed by atoms with Crippen LogP contribution in [0, 0.1) is 0 Å². The van der Waals surface area contributed by atoms with Crippen molar-refractivity contribution in [3.63, 3.8) is 0 Å². The molecule has 0 fully saturated rings. The van der Waals surface area contributed by atoms with Crippen molar-refractivity contribution in [1.29, 1.82) is 0 Å². The van der Waals surface area contributed by atoms with Crippen LogP contribution in [0.5, 0.6) is 5.75 Å². The molecular formula is C29H42N4O4S2. The standard InChI is InChI=1S/C29H42N4O4S2/c1-6-10-19-32(20-11-7-2)39(35,36)24-17-15-23(16-18-24)28(34)33(22-21-31(8-3)9-4)29-30-27-25(37-5)13-12-14-26(27)38-29/h12-18H,6-11,19-22H2,1-5H3. The number of carbonyl (C=O) groups excluding carboxylic acids is 1. The van der Waals surface area contributed by atoms with Gasteiger partial charge in [0.05, 0.1) is 16.7 Å². The Balaban J connectivity index is 1.92. The minimum atomic E-state index is -3.64. The number of methoxy groups -OCH3 is 1. The first kappa shape index (κ1) is 31.0. The molecule has 214 valence electrons. The molecule has 1 aromatic heterocycles. The van der Waals surface area contributed by atoms with Gasteiger partial charge in [-0.25, -0.2) is 13.4 Å². The normalized spacial score (nSPS) is 12.0. The monoisotopic (exact) mass is 574 g/mol. The number of anilines is 1. The molecule has 0 saturated carbocycles. The molecule has 0 aliphatic carbocycles. The number of carbonyl (C=O) groups is 1. The lowest BCUT2D eigenvalue weighted by atomic mass is 10.2. The van der Waals surface area contributed by atoms with Gasteiger partial charge in [0.2, 0.25) is 10.0 Å². The number of unbranched alkanes of at least 4 members (excludes halogenated alkanes) is 2. The minimum absolute atomic E-state index is 0.210. The maximum Gasteiger partial charge on any atom is 0.260 e. The molecule has 0 aliphatic rings. The van der Waals surface area contributed by atoms with Crippen LogP contribution >= 0.6 is 11.3 Å². The van der Waals surface area contributed by atoms with Crippen LogP contribution in [0.25, 0.3) is 10.2 Å².